The Morgan fingerprint density at radius 1 is 0.806 bits per heavy atom. The van der Waals surface area contributed by atoms with Gasteiger partial charge in [0.1, 0.15) is 13.2 Å². The van der Waals surface area contributed by atoms with E-state index in [1.165, 1.54) is 17.9 Å². The molecular weight excluding hydrogens is 856 g/mol. The van der Waals surface area contributed by atoms with Crippen LogP contribution in [0.2, 0.25) is 0 Å². The number of sulfone groups is 1. The minimum absolute atomic E-state index is 0.0147. The maximum absolute atomic E-state index is 14.3. The molecule has 0 aliphatic heterocycles. The van der Waals surface area contributed by atoms with Crippen LogP contribution in [0.3, 0.4) is 0 Å². The van der Waals surface area contributed by atoms with Gasteiger partial charge < -0.3 is 19.3 Å². The van der Waals surface area contributed by atoms with Crippen molar-refractivity contribution in [2.45, 2.75) is 83.7 Å². The highest BCUT2D eigenvalue weighted by Crippen LogP contribution is 2.41. The van der Waals surface area contributed by atoms with Crippen LogP contribution in [0, 0.1) is 11.8 Å². The normalized spacial score (nSPS) is 16.7. The number of ether oxygens (including phenoxy) is 2. The Labute approximate surface area is 354 Å². The number of hydrogen-bond donors (Lipinski definition) is 0. The van der Waals surface area contributed by atoms with Gasteiger partial charge in [-0.2, -0.15) is 39.5 Å². The molecule has 3 aromatic carbocycles. The second kappa shape index (κ2) is 20.0. The number of esters is 1. The summed E-state index contributed by atoms with van der Waals surface area (Å²) in [7, 11) is -3.41. The van der Waals surface area contributed by atoms with Crippen LogP contribution >= 0.6 is 0 Å². The molecule has 1 aliphatic rings. The van der Waals surface area contributed by atoms with Crippen molar-refractivity contribution in [1.82, 2.24) is 9.97 Å². The lowest BCUT2D eigenvalue weighted by Gasteiger charge is -2.36. The van der Waals surface area contributed by atoms with E-state index in [4.69, 9.17) is 9.47 Å². The lowest BCUT2D eigenvalue weighted by atomic mass is 9.80. The van der Waals surface area contributed by atoms with Crippen LogP contribution < -0.4 is 14.5 Å². The SMILES string of the molecule is CCN(CC1CCC(CC(=O)OCc2ccccc2)CC1)c1ccc(C(F)(F)F)cc1CN(c1ncc(OCCS(C)(=O)=O)cn1)C(C)c1cc(C(F)(F)F)cc(C(F)(F)F)c1. The second-order valence-electron chi connectivity index (χ2n) is 15.5. The first-order chi connectivity index (χ1) is 29.0. The summed E-state index contributed by atoms with van der Waals surface area (Å²) in [6.07, 6.45) is -8.83. The van der Waals surface area contributed by atoms with Crippen LogP contribution in [0.1, 0.15) is 85.4 Å². The highest BCUT2D eigenvalue weighted by atomic mass is 32.2. The Hall–Kier alpha value is -5.07. The number of alkyl halides is 9. The van der Waals surface area contributed by atoms with Crippen LogP contribution in [0.5, 0.6) is 5.75 Å². The molecule has 9 nitrogen and oxygen atoms in total. The van der Waals surface area contributed by atoms with Crippen molar-refractivity contribution < 1.29 is 62.2 Å². The van der Waals surface area contributed by atoms with Crippen LogP contribution in [-0.2, 0) is 51.0 Å². The molecule has 1 aromatic heterocycles. The van der Waals surface area contributed by atoms with E-state index in [1.54, 1.807) is 0 Å². The monoisotopic (exact) mass is 902 g/mol. The first kappa shape index (κ1) is 48.0. The maximum atomic E-state index is 14.3. The molecule has 5 rings (SSSR count). The third-order valence-electron chi connectivity index (χ3n) is 10.8. The minimum atomic E-state index is -5.18. The van der Waals surface area contributed by atoms with Gasteiger partial charge in [-0.3, -0.25) is 4.79 Å². The van der Waals surface area contributed by atoms with Gasteiger partial charge >= 0.3 is 24.5 Å². The highest BCUT2D eigenvalue weighted by molar-refractivity contribution is 7.90. The number of carbonyl (C=O) groups is 1. The predicted octanol–water partition coefficient (Wildman–Crippen LogP) is 10.5. The average molecular weight is 903 g/mol. The summed E-state index contributed by atoms with van der Waals surface area (Å²) in [5, 5.41) is 0. The van der Waals surface area contributed by atoms with Crippen molar-refractivity contribution in [2.24, 2.45) is 11.8 Å². The Morgan fingerprint density at radius 3 is 1.94 bits per heavy atom. The van der Waals surface area contributed by atoms with Crippen LogP contribution in [0.4, 0.5) is 51.1 Å². The molecule has 1 atom stereocenters. The van der Waals surface area contributed by atoms with Gasteiger partial charge in [0.2, 0.25) is 5.95 Å². The Kier molecular flexibility index (Phi) is 15.4. The van der Waals surface area contributed by atoms with Gasteiger partial charge in [-0.05, 0) is 104 Å². The third kappa shape index (κ3) is 13.7. The van der Waals surface area contributed by atoms with Gasteiger partial charge in [-0.25, -0.2) is 18.4 Å². The molecule has 19 heteroatoms. The number of halogens is 9. The minimum Gasteiger partial charge on any atom is -0.489 e. The number of carbonyl (C=O) groups excluding carboxylic acids is 1. The van der Waals surface area contributed by atoms with Gasteiger partial charge in [0.25, 0.3) is 0 Å². The number of hydrogen-bond acceptors (Lipinski definition) is 9. The predicted molar refractivity (Wildman–Crippen MR) is 214 cm³/mol. The van der Waals surface area contributed by atoms with E-state index in [1.807, 2.05) is 42.2 Å². The molecule has 0 amide bonds. The van der Waals surface area contributed by atoms with Crippen LogP contribution in [0.15, 0.2) is 79.1 Å². The van der Waals surface area contributed by atoms with E-state index in [0.717, 1.165) is 62.0 Å². The second-order valence-corrected chi connectivity index (χ2v) is 17.7. The molecular formula is C43H47F9N4O5S. The molecule has 1 fully saturated rings. The van der Waals surface area contributed by atoms with Gasteiger partial charge in [-0.15, -0.1) is 0 Å². The zero-order valence-corrected chi connectivity index (χ0v) is 35.0. The topological polar surface area (TPSA) is 102 Å². The molecule has 1 aliphatic carbocycles. The van der Waals surface area contributed by atoms with E-state index >= 15 is 0 Å². The highest BCUT2D eigenvalue weighted by Gasteiger charge is 2.38. The summed E-state index contributed by atoms with van der Waals surface area (Å²) in [6, 6.07) is 12.1. The van der Waals surface area contributed by atoms with Crippen molar-refractivity contribution in [3.8, 4) is 5.75 Å². The van der Waals surface area contributed by atoms with E-state index in [-0.39, 0.29) is 66.5 Å². The molecule has 0 saturated heterocycles. The van der Waals surface area contributed by atoms with E-state index in [0.29, 0.717) is 30.9 Å². The summed E-state index contributed by atoms with van der Waals surface area (Å²) < 4.78 is 161. The van der Waals surface area contributed by atoms with Crippen molar-refractivity contribution in [1.29, 1.82) is 0 Å². The molecule has 0 N–H and O–H groups in total. The smallest absolute Gasteiger partial charge is 0.416 e. The molecule has 1 saturated carbocycles. The first-order valence-electron chi connectivity index (χ1n) is 19.8. The maximum Gasteiger partial charge on any atom is 0.416 e. The molecule has 1 heterocycles. The van der Waals surface area contributed by atoms with Crippen LogP contribution in [-0.4, -0.2) is 56.1 Å². The molecule has 4 aromatic rings. The summed E-state index contributed by atoms with van der Waals surface area (Å²) in [5.74, 6) is -0.775. The lowest BCUT2D eigenvalue weighted by Crippen LogP contribution is -2.34. The van der Waals surface area contributed by atoms with Gasteiger partial charge in [0.15, 0.2) is 15.6 Å². The fraction of sp³-hybridized carbons (Fsp3) is 0.465. The summed E-state index contributed by atoms with van der Waals surface area (Å²) in [6.45, 7) is 3.22. The lowest BCUT2D eigenvalue weighted by molar-refractivity contribution is -0.146. The molecule has 0 radical (unpaired) electrons. The Morgan fingerprint density at radius 2 is 1.39 bits per heavy atom. The van der Waals surface area contributed by atoms with Crippen molar-refractivity contribution in [3.05, 3.63) is 113 Å². The zero-order valence-electron chi connectivity index (χ0n) is 34.2. The third-order valence-corrected chi connectivity index (χ3v) is 11.7. The standard InChI is InChI=1S/C43H47F9N4O5S/c1-4-55(25-30-12-10-29(11-13-30)18-39(57)61-27-31-8-6-5-7-9-31)38-15-14-34(41(44,45)46)21-33(38)26-56(40-53-23-37(24-54-40)60-16-17-62(3,58)59)28(2)32-19-35(42(47,48)49)22-36(20-32)43(50,51)52/h5-9,14-15,19-24,28-30H,4,10-13,16-18,25-27H2,1-3H3. The van der Waals surface area contributed by atoms with Crippen molar-refractivity contribution in [3.63, 3.8) is 0 Å². The molecule has 338 valence electrons. The first-order valence-corrected chi connectivity index (χ1v) is 21.9. The van der Waals surface area contributed by atoms with Gasteiger partial charge in [0.05, 0.1) is 40.9 Å². The summed E-state index contributed by atoms with van der Waals surface area (Å²) in [5.41, 5.74) is -3.40. The largest absolute Gasteiger partial charge is 0.489 e. The van der Waals surface area contributed by atoms with E-state index in [9.17, 15) is 52.7 Å². The Balaban J connectivity index is 1.45. The summed E-state index contributed by atoms with van der Waals surface area (Å²) >= 11 is 0. The quantitative estimate of drug-likeness (QED) is 0.0757. The van der Waals surface area contributed by atoms with E-state index in [2.05, 4.69) is 9.97 Å². The fourth-order valence-corrected chi connectivity index (χ4v) is 7.75. The van der Waals surface area contributed by atoms with Crippen molar-refractivity contribution in [2.75, 3.05) is 41.5 Å². The number of nitrogens with zero attached hydrogens (tertiary/aromatic N) is 4. The zero-order chi connectivity index (χ0) is 45.5. The molecule has 0 spiro atoms. The number of rotatable bonds is 17. The van der Waals surface area contributed by atoms with Gasteiger partial charge in [-0.1, -0.05) is 30.3 Å². The summed E-state index contributed by atoms with van der Waals surface area (Å²) in [4.78, 5) is 24.1. The molecule has 1 unspecified atom stereocenters. The van der Waals surface area contributed by atoms with E-state index < -0.39 is 63.2 Å². The fourth-order valence-electron chi connectivity index (χ4n) is 7.36. The number of anilines is 2. The van der Waals surface area contributed by atoms with Crippen molar-refractivity contribution >= 4 is 27.4 Å². The number of aromatic nitrogens is 2. The van der Waals surface area contributed by atoms with Crippen LogP contribution in [0.25, 0.3) is 0 Å². The molecule has 62 heavy (non-hydrogen) atoms. The van der Waals surface area contributed by atoms with Gasteiger partial charge in [0, 0.05) is 38.0 Å². The molecule has 0 bridgehead atoms. The Bertz CT molecular complexity index is 2180. The average Bonchev–Trinajstić information content (AvgIpc) is 3.20. The number of benzene rings is 3.